The number of hydrogen-bond donors (Lipinski definition) is 0. The number of hydrogen-bond acceptors (Lipinski definition) is 1. The van der Waals surface area contributed by atoms with Gasteiger partial charge >= 0.3 is 0 Å². The molecule has 0 amide bonds. The quantitative estimate of drug-likeness (QED) is 0.162. The maximum atomic E-state index is 4.21. The van der Waals surface area contributed by atoms with Gasteiger partial charge in [-0.2, -0.15) is 0 Å². The molecule has 0 unspecified atom stereocenters. The Morgan fingerprint density at radius 1 is 0.436 bits per heavy atom. The van der Waals surface area contributed by atoms with Crippen molar-refractivity contribution >= 4 is 65.5 Å². The minimum absolute atomic E-state index is 0.832. The highest BCUT2D eigenvalue weighted by atomic mass is 15.1. The summed E-state index contributed by atoms with van der Waals surface area (Å²) in [6, 6.07) is 59.8. The first-order valence-corrected chi connectivity index (χ1v) is 18.9. The average Bonchev–Trinajstić information content (AvgIpc) is 3.58. The van der Waals surface area contributed by atoms with E-state index in [9.17, 15) is 0 Å². The number of aromatic nitrogens is 1. The fourth-order valence-electron chi connectivity index (χ4n) is 8.30. The van der Waals surface area contributed by atoms with Crippen LogP contribution in [0.15, 0.2) is 224 Å². The van der Waals surface area contributed by atoms with Crippen LogP contribution in [0.2, 0.25) is 0 Å². The Labute approximate surface area is 321 Å². The zero-order chi connectivity index (χ0) is 36.7. The Hall–Kier alpha value is -7.16. The number of rotatable bonds is 5. The Morgan fingerprint density at radius 3 is 1.78 bits per heavy atom. The lowest BCUT2D eigenvalue weighted by atomic mass is 9.94. The van der Waals surface area contributed by atoms with Gasteiger partial charge in [-0.3, -0.25) is 0 Å². The smallest absolute Gasteiger partial charge is 0.0541 e. The van der Waals surface area contributed by atoms with Gasteiger partial charge in [-0.25, -0.2) is 0 Å². The van der Waals surface area contributed by atoms with Crippen molar-refractivity contribution in [1.82, 2.24) is 4.57 Å². The lowest BCUT2D eigenvalue weighted by molar-refractivity contribution is 1.18. The van der Waals surface area contributed by atoms with Gasteiger partial charge in [-0.15, -0.1) is 0 Å². The molecule has 8 aromatic carbocycles. The SMILES string of the molecule is C=C1C=C/C(N(c2ccccc2)c2ccc(-c3ccc4c(c3)c3ccccc3n4-c3ccc4c5ccccc5c5ccccc5c4c3)cc2)=C\C/C=C\C=C/1. The predicted molar refractivity (Wildman–Crippen MR) is 237 cm³/mol. The molecule has 0 radical (unpaired) electrons. The third-order valence-corrected chi connectivity index (χ3v) is 10.9. The van der Waals surface area contributed by atoms with Crippen molar-refractivity contribution in [3.63, 3.8) is 0 Å². The number of allylic oxidation sites excluding steroid dienone is 8. The molecule has 1 aromatic heterocycles. The number of benzene rings is 8. The van der Waals surface area contributed by atoms with Crippen LogP contribution < -0.4 is 4.90 Å². The van der Waals surface area contributed by atoms with Crippen LogP contribution in [0, 0.1) is 0 Å². The van der Waals surface area contributed by atoms with Gasteiger partial charge in [0.25, 0.3) is 0 Å². The third kappa shape index (κ3) is 5.76. The first kappa shape index (κ1) is 32.5. The molecule has 55 heavy (non-hydrogen) atoms. The summed E-state index contributed by atoms with van der Waals surface area (Å²) in [5.74, 6) is 0. The molecule has 10 rings (SSSR count). The number of anilines is 2. The van der Waals surface area contributed by atoms with Crippen molar-refractivity contribution in [3.05, 3.63) is 224 Å². The molecule has 0 N–H and O–H groups in total. The molecule has 1 aliphatic carbocycles. The summed E-state index contributed by atoms with van der Waals surface area (Å²) < 4.78 is 2.43. The van der Waals surface area contributed by atoms with E-state index in [4.69, 9.17) is 0 Å². The first-order chi connectivity index (χ1) is 27.2. The van der Waals surface area contributed by atoms with E-state index >= 15 is 0 Å². The standard InChI is InChI=1S/C53H38N2/c1-37-15-5-2-3-6-18-41(29-25-37)54(40-16-7-4-8-17-40)42-30-26-38(27-31-42)39-28-34-53-51(35-39)49-23-13-14-24-52(49)55(53)43-32-33-48-46-21-10-9-19-44(46)45-20-11-12-22-47(45)50(48)36-43/h2-5,7-36H,1,6H2/b3-2-,15-5-,29-25?,41-18+. The van der Waals surface area contributed by atoms with Crippen LogP contribution in [0.4, 0.5) is 11.4 Å². The molecule has 0 aliphatic heterocycles. The van der Waals surface area contributed by atoms with Gasteiger partial charge in [0.2, 0.25) is 0 Å². The topological polar surface area (TPSA) is 8.17 Å². The average molecular weight is 703 g/mol. The summed E-state index contributed by atoms with van der Waals surface area (Å²) in [6.45, 7) is 4.21. The Bertz CT molecular complexity index is 3030. The number of nitrogens with zero attached hydrogens (tertiary/aromatic N) is 2. The molecular weight excluding hydrogens is 665 g/mol. The lowest BCUT2D eigenvalue weighted by Crippen LogP contribution is -2.15. The fourth-order valence-corrected chi connectivity index (χ4v) is 8.30. The minimum atomic E-state index is 0.832. The van der Waals surface area contributed by atoms with Crippen LogP contribution in [-0.4, -0.2) is 4.57 Å². The molecule has 2 nitrogen and oxygen atoms in total. The molecule has 2 heteroatoms. The second-order valence-electron chi connectivity index (χ2n) is 14.2. The van der Waals surface area contributed by atoms with Crippen molar-refractivity contribution in [2.45, 2.75) is 6.42 Å². The minimum Gasteiger partial charge on any atom is -0.311 e. The molecule has 0 saturated carbocycles. The summed E-state index contributed by atoms with van der Waals surface area (Å²) in [5.41, 5.74) is 10.2. The fraction of sp³-hybridized carbons (Fsp3) is 0.0189. The third-order valence-electron chi connectivity index (χ3n) is 10.9. The molecule has 0 fully saturated rings. The van der Waals surface area contributed by atoms with E-state index in [0.717, 1.165) is 34.8 Å². The van der Waals surface area contributed by atoms with Gasteiger partial charge in [0.15, 0.2) is 0 Å². The molecule has 0 saturated heterocycles. The van der Waals surface area contributed by atoms with Crippen molar-refractivity contribution in [2.24, 2.45) is 0 Å². The van der Waals surface area contributed by atoms with Gasteiger partial charge in [-0.05, 0) is 116 Å². The van der Waals surface area contributed by atoms with Gasteiger partial charge in [0.1, 0.15) is 0 Å². The largest absolute Gasteiger partial charge is 0.311 e. The summed E-state index contributed by atoms with van der Waals surface area (Å²) in [6.07, 6.45) is 15.7. The van der Waals surface area contributed by atoms with Crippen molar-refractivity contribution in [3.8, 4) is 16.8 Å². The second-order valence-corrected chi connectivity index (χ2v) is 14.2. The highest BCUT2D eigenvalue weighted by Gasteiger charge is 2.17. The maximum Gasteiger partial charge on any atom is 0.0541 e. The van der Waals surface area contributed by atoms with Crippen LogP contribution >= 0.6 is 0 Å². The monoisotopic (exact) mass is 702 g/mol. The Kier molecular flexibility index (Phi) is 8.08. The van der Waals surface area contributed by atoms with Gasteiger partial charge in [0, 0.05) is 33.5 Å². The van der Waals surface area contributed by atoms with Crippen LogP contribution in [0.25, 0.3) is 70.9 Å². The van der Waals surface area contributed by atoms with Crippen LogP contribution in [0.3, 0.4) is 0 Å². The first-order valence-electron chi connectivity index (χ1n) is 18.9. The van der Waals surface area contributed by atoms with E-state index in [1.165, 1.54) is 65.3 Å². The molecule has 260 valence electrons. The molecule has 0 spiro atoms. The van der Waals surface area contributed by atoms with Crippen LogP contribution in [0.1, 0.15) is 6.42 Å². The normalized spacial score (nSPS) is 15.4. The Morgan fingerprint density at radius 2 is 1.04 bits per heavy atom. The van der Waals surface area contributed by atoms with Crippen molar-refractivity contribution in [1.29, 1.82) is 0 Å². The van der Waals surface area contributed by atoms with E-state index in [0.29, 0.717) is 0 Å². The van der Waals surface area contributed by atoms with Crippen LogP contribution in [0.5, 0.6) is 0 Å². The van der Waals surface area contributed by atoms with Gasteiger partial charge in [-0.1, -0.05) is 152 Å². The zero-order valence-electron chi connectivity index (χ0n) is 30.4. The highest BCUT2D eigenvalue weighted by molar-refractivity contribution is 6.25. The van der Waals surface area contributed by atoms with E-state index in [1.807, 2.05) is 12.2 Å². The van der Waals surface area contributed by atoms with Crippen molar-refractivity contribution < 1.29 is 0 Å². The summed E-state index contributed by atoms with van der Waals surface area (Å²) in [7, 11) is 0. The molecule has 1 heterocycles. The van der Waals surface area contributed by atoms with E-state index < -0.39 is 0 Å². The van der Waals surface area contributed by atoms with E-state index in [1.54, 1.807) is 0 Å². The number of fused-ring (bicyclic) bond motifs is 9. The molecule has 9 aromatic rings. The molecular formula is C53H38N2. The Balaban J connectivity index is 1.07. The summed E-state index contributed by atoms with van der Waals surface area (Å²) in [5, 5.41) is 10.2. The molecule has 0 atom stereocenters. The molecule has 0 bridgehead atoms. The van der Waals surface area contributed by atoms with E-state index in [2.05, 4.69) is 210 Å². The highest BCUT2D eigenvalue weighted by Crippen LogP contribution is 2.40. The van der Waals surface area contributed by atoms with Gasteiger partial charge < -0.3 is 9.47 Å². The lowest BCUT2D eigenvalue weighted by Gasteiger charge is -2.27. The second kappa shape index (κ2) is 13.7. The van der Waals surface area contributed by atoms with E-state index in [-0.39, 0.29) is 0 Å². The van der Waals surface area contributed by atoms with Gasteiger partial charge in [0.05, 0.1) is 11.0 Å². The maximum absolute atomic E-state index is 4.21. The zero-order valence-corrected chi connectivity index (χ0v) is 30.4. The summed E-state index contributed by atoms with van der Waals surface area (Å²) >= 11 is 0. The van der Waals surface area contributed by atoms with Crippen molar-refractivity contribution in [2.75, 3.05) is 4.90 Å². The number of para-hydroxylation sites is 2. The molecule has 1 aliphatic rings. The predicted octanol–water partition coefficient (Wildman–Crippen LogP) is 14.6. The van der Waals surface area contributed by atoms with Crippen LogP contribution in [-0.2, 0) is 0 Å². The summed E-state index contributed by atoms with van der Waals surface area (Å²) in [4.78, 5) is 2.32.